The third-order valence-corrected chi connectivity index (χ3v) is 4.60. The second-order valence-electron chi connectivity index (χ2n) is 5.58. The van der Waals surface area contributed by atoms with Crippen LogP contribution in [0.15, 0.2) is 24.4 Å². The average molecular weight is 421 g/mol. The lowest BCUT2D eigenvalue weighted by Crippen LogP contribution is -2.41. The average Bonchev–Trinajstić information content (AvgIpc) is 2.65. The van der Waals surface area contributed by atoms with Crippen molar-refractivity contribution < 1.29 is 22.7 Å². The third-order valence-electron chi connectivity index (χ3n) is 3.78. The fraction of sp³-hybridized carbons (Fsp3) is 0.312. The molecule has 1 aromatic carbocycles. The summed E-state index contributed by atoms with van der Waals surface area (Å²) < 4.78 is 45.5. The molecule has 0 spiro atoms. The molecule has 1 saturated heterocycles. The number of nitrogens with zero attached hydrogens (tertiary/aromatic N) is 3. The molecule has 3 rings (SSSR count). The van der Waals surface area contributed by atoms with Gasteiger partial charge in [0.15, 0.2) is 5.69 Å². The fourth-order valence-electron chi connectivity index (χ4n) is 2.47. The van der Waals surface area contributed by atoms with E-state index in [1.807, 2.05) is 0 Å². The Hall–Kier alpha value is -2.10. The van der Waals surface area contributed by atoms with Gasteiger partial charge in [-0.3, -0.25) is 4.79 Å². The molecule has 0 atom stereocenters. The number of hydrogen-bond donors (Lipinski definition) is 1. The van der Waals surface area contributed by atoms with Crippen LogP contribution in [0.5, 0.6) is 0 Å². The van der Waals surface area contributed by atoms with Crippen molar-refractivity contribution in [1.82, 2.24) is 14.9 Å². The van der Waals surface area contributed by atoms with E-state index in [2.05, 4.69) is 15.3 Å². The Kier molecular flexibility index (Phi) is 5.73. The zero-order valence-corrected chi connectivity index (χ0v) is 15.2. The normalized spacial score (nSPS) is 14.9. The lowest BCUT2D eigenvalue weighted by molar-refractivity contribution is -0.141. The van der Waals surface area contributed by atoms with Crippen molar-refractivity contribution >= 4 is 40.7 Å². The van der Waals surface area contributed by atoms with Crippen LogP contribution in [0.3, 0.4) is 0 Å². The fourth-order valence-corrected chi connectivity index (χ4v) is 2.82. The summed E-state index contributed by atoms with van der Waals surface area (Å²) in [6.45, 7) is 0.935. The van der Waals surface area contributed by atoms with Gasteiger partial charge >= 0.3 is 6.18 Å². The van der Waals surface area contributed by atoms with Crippen molar-refractivity contribution in [3.8, 4) is 0 Å². The number of anilines is 2. The van der Waals surface area contributed by atoms with Gasteiger partial charge in [0.1, 0.15) is 0 Å². The Labute approximate surface area is 162 Å². The van der Waals surface area contributed by atoms with Gasteiger partial charge in [-0.1, -0.05) is 29.3 Å². The van der Waals surface area contributed by atoms with E-state index in [-0.39, 0.29) is 48.0 Å². The molecule has 1 fully saturated rings. The molecule has 0 saturated carbocycles. The van der Waals surface area contributed by atoms with Crippen molar-refractivity contribution in [2.45, 2.75) is 6.18 Å². The number of rotatable bonds is 3. The quantitative estimate of drug-likeness (QED) is 0.811. The highest BCUT2D eigenvalue weighted by atomic mass is 35.5. The van der Waals surface area contributed by atoms with Gasteiger partial charge in [-0.2, -0.15) is 13.2 Å². The van der Waals surface area contributed by atoms with E-state index in [1.165, 1.54) is 17.0 Å². The van der Waals surface area contributed by atoms with Crippen molar-refractivity contribution in [3.05, 3.63) is 45.7 Å². The number of nitrogens with one attached hydrogen (secondary N) is 1. The first-order chi connectivity index (χ1) is 12.8. The van der Waals surface area contributed by atoms with E-state index in [9.17, 15) is 18.0 Å². The second-order valence-corrected chi connectivity index (χ2v) is 6.37. The predicted octanol–water partition coefficient (Wildman–Crippen LogP) is 4.02. The molecular formula is C16H13Cl2F3N4O2. The molecule has 1 aliphatic heterocycles. The summed E-state index contributed by atoms with van der Waals surface area (Å²) in [5.41, 5.74) is -1.70. The number of amides is 1. The minimum Gasteiger partial charge on any atom is -0.378 e. The minimum atomic E-state index is -4.84. The Bertz CT molecular complexity index is 858. The molecule has 0 bridgehead atoms. The van der Waals surface area contributed by atoms with E-state index in [1.54, 1.807) is 6.07 Å². The summed E-state index contributed by atoms with van der Waals surface area (Å²) in [5, 5.41) is 2.92. The molecule has 2 aromatic rings. The van der Waals surface area contributed by atoms with Crippen LogP contribution in [-0.2, 0) is 10.9 Å². The van der Waals surface area contributed by atoms with E-state index >= 15 is 0 Å². The van der Waals surface area contributed by atoms with Gasteiger partial charge in [-0.25, -0.2) is 9.97 Å². The van der Waals surface area contributed by atoms with Gasteiger partial charge in [-0.15, -0.1) is 0 Å². The maximum atomic E-state index is 13.5. The SMILES string of the molecule is O=C(c1cnc(Nc2cccc(Cl)c2Cl)nc1C(F)(F)F)N1CCOCC1. The van der Waals surface area contributed by atoms with Crippen LogP contribution in [-0.4, -0.2) is 47.1 Å². The van der Waals surface area contributed by atoms with E-state index < -0.39 is 23.3 Å². The molecule has 11 heteroatoms. The number of alkyl halides is 3. The molecular weight excluding hydrogens is 408 g/mol. The zero-order chi connectivity index (χ0) is 19.6. The molecule has 1 aromatic heterocycles. The van der Waals surface area contributed by atoms with Gasteiger partial charge in [0, 0.05) is 19.3 Å². The van der Waals surface area contributed by atoms with Crippen LogP contribution >= 0.6 is 23.2 Å². The number of aromatic nitrogens is 2. The number of benzene rings is 1. The highest BCUT2D eigenvalue weighted by molar-refractivity contribution is 6.43. The topological polar surface area (TPSA) is 67.4 Å². The first kappa shape index (κ1) is 19.7. The molecule has 144 valence electrons. The number of halogens is 5. The molecule has 2 heterocycles. The number of ether oxygens (including phenoxy) is 1. The second kappa shape index (κ2) is 7.87. The van der Waals surface area contributed by atoms with Crippen molar-refractivity contribution in [2.24, 2.45) is 0 Å². The molecule has 0 unspecified atom stereocenters. The van der Waals surface area contributed by atoms with Gasteiger partial charge in [-0.05, 0) is 12.1 Å². The lowest BCUT2D eigenvalue weighted by Gasteiger charge is -2.27. The highest BCUT2D eigenvalue weighted by Gasteiger charge is 2.39. The Morgan fingerprint density at radius 2 is 1.93 bits per heavy atom. The number of carbonyl (C=O) groups is 1. The van der Waals surface area contributed by atoms with E-state index in [0.717, 1.165) is 6.20 Å². The van der Waals surface area contributed by atoms with Crippen molar-refractivity contribution in [3.63, 3.8) is 0 Å². The predicted molar refractivity (Wildman–Crippen MR) is 93.5 cm³/mol. The lowest BCUT2D eigenvalue weighted by atomic mass is 10.2. The van der Waals surface area contributed by atoms with E-state index in [0.29, 0.717) is 0 Å². The van der Waals surface area contributed by atoms with Crippen LogP contribution in [0, 0.1) is 0 Å². The van der Waals surface area contributed by atoms with Crippen LogP contribution in [0.4, 0.5) is 24.8 Å². The monoisotopic (exact) mass is 420 g/mol. The van der Waals surface area contributed by atoms with Crippen molar-refractivity contribution in [2.75, 3.05) is 31.6 Å². The first-order valence-corrected chi connectivity index (χ1v) is 8.55. The van der Waals surface area contributed by atoms with Crippen molar-refractivity contribution in [1.29, 1.82) is 0 Å². The van der Waals surface area contributed by atoms with Crippen LogP contribution < -0.4 is 5.32 Å². The Morgan fingerprint density at radius 3 is 2.59 bits per heavy atom. The molecule has 0 aliphatic carbocycles. The molecule has 1 N–H and O–H groups in total. The molecule has 0 radical (unpaired) electrons. The van der Waals surface area contributed by atoms with Crippen LogP contribution in [0.1, 0.15) is 16.1 Å². The molecule has 6 nitrogen and oxygen atoms in total. The van der Waals surface area contributed by atoms with Gasteiger partial charge in [0.2, 0.25) is 5.95 Å². The summed E-state index contributed by atoms with van der Waals surface area (Å²) >= 11 is 11.9. The first-order valence-electron chi connectivity index (χ1n) is 7.79. The summed E-state index contributed by atoms with van der Waals surface area (Å²) in [4.78, 5) is 21.1. The minimum absolute atomic E-state index is 0.116. The van der Waals surface area contributed by atoms with Gasteiger partial charge < -0.3 is 15.0 Å². The maximum Gasteiger partial charge on any atom is 0.434 e. The summed E-state index contributed by atoms with van der Waals surface area (Å²) in [6, 6.07) is 4.61. The largest absolute Gasteiger partial charge is 0.434 e. The number of carbonyl (C=O) groups excluding carboxylic acids is 1. The van der Waals surface area contributed by atoms with Crippen LogP contribution in [0.2, 0.25) is 10.0 Å². The maximum absolute atomic E-state index is 13.5. The summed E-state index contributed by atoms with van der Waals surface area (Å²) in [6.07, 6.45) is -3.98. The molecule has 27 heavy (non-hydrogen) atoms. The number of morpholine rings is 1. The Morgan fingerprint density at radius 1 is 1.22 bits per heavy atom. The Balaban J connectivity index is 1.94. The number of hydrogen-bond acceptors (Lipinski definition) is 5. The van der Waals surface area contributed by atoms with Crippen LogP contribution in [0.25, 0.3) is 0 Å². The molecule has 1 aliphatic rings. The third kappa shape index (κ3) is 4.42. The zero-order valence-electron chi connectivity index (χ0n) is 13.7. The van der Waals surface area contributed by atoms with Gasteiger partial charge in [0.25, 0.3) is 5.91 Å². The highest BCUT2D eigenvalue weighted by Crippen LogP contribution is 2.34. The summed E-state index contributed by atoms with van der Waals surface area (Å²) in [5.74, 6) is -1.15. The van der Waals surface area contributed by atoms with E-state index in [4.69, 9.17) is 27.9 Å². The standard InChI is InChI=1S/C16H13Cl2F3N4O2/c17-10-2-1-3-11(12(10)18)23-15-22-8-9(13(24-15)16(19,20)21)14(26)25-4-6-27-7-5-25/h1-3,8H,4-7H2,(H,22,23,24). The molecule has 1 amide bonds. The van der Waals surface area contributed by atoms with Gasteiger partial charge in [0.05, 0.1) is 34.5 Å². The smallest absolute Gasteiger partial charge is 0.378 e. The summed E-state index contributed by atoms with van der Waals surface area (Å²) in [7, 11) is 0.